The molecule has 0 unspecified atom stereocenters. The van der Waals surface area contributed by atoms with Gasteiger partial charge in [-0.25, -0.2) is 9.97 Å². The van der Waals surface area contributed by atoms with E-state index >= 15 is 0 Å². The summed E-state index contributed by atoms with van der Waals surface area (Å²) in [5.74, 6) is 0.205. The molecule has 0 aromatic carbocycles. The molecule has 21 heavy (non-hydrogen) atoms. The number of hydrogen-bond acceptors (Lipinski definition) is 4. The number of aryl methyl sites for hydroxylation is 3. The van der Waals surface area contributed by atoms with Gasteiger partial charge in [-0.15, -0.1) is 0 Å². The molecule has 2 rings (SSSR count). The van der Waals surface area contributed by atoms with Crippen molar-refractivity contribution >= 4 is 29.1 Å². The fourth-order valence-corrected chi connectivity index (χ4v) is 2.35. The van der Waals surface area contributed by atoms with Crippen LogP contribution >= 0.6 is 23.2 Å². The smallest absolute Gasteiger partial charge is 0.274 e. The second-order valence-electron chi connectivity index (χ2n) is 4.75. The Morgan fingerprint density at radius 1 is 1.38 bits per heavy atom. The first-order valence-corrected chi connectivity index (χ1v) is 6.99. The van der Waals surface area contributed by atoms with Crippen molar-refractivity contribution < 1.29 is 4.79 Å². The normalized spacial score (nSPS) is 10.8. The second kappa shape index (κ2) is 5.99. The maximum atomic E-state index is 12.4. The van der Waals surface area contributed by atoms with Crippen molar-refractivity contribution in [2.45, 2.75) is 20.4 Å². The van der Waals surface area contributed by atoms with Gasteiger partial charge in [0.25, 0.3) is 5.91 Å². The lowest BCUT2D eigenvalue weighted by atomic mass is 10.2. The molecule has 0 aliphatic carbocycles. The molecular weight excluding hydrogens is 313 g/mol. The predicted octanol–water partition coefficient (Wildman–Crippen LogP) is 2.41. The van der Waals surface area contributed by atoms with Crippen molar-refractivity contribution in [1.29, 1.82) is 0 Å². The van der Waals surface area contributed by atoms with Gasteiger partial charge in [-0.05, 0) is 13.8 Å². The van der Waals surface area contributed by atoms with Crippen molar-refractivity contribution in [1.82, 2.24) is 24.6 Å². The monoisotopic (exact) mass is 327 g/mol. The number of aromatic nitrogens is 4. The number of hydrogen-bond donors (Lipinski definition) is 0. The van der Waals surface area contributed by atoms with Crippen molar-refractivity contribution in [3.05, 3.63) is 39.1 Å². The van der Waals surface area contributed by atoms with Gasteiger partial charge < -0.3 is 4.90 Å². The zero-order valence-corrected chi connectivity index (χ0v) is 13.7. The highest BCUT2D eigenvalue weighted by Crippen LogP contribution is 2.21. The molecule has 0 aliphatic rings. The third-order valence-corrected chi connectivity index (χ3v) is 3.83. The number of rotatable bonds is 3. The van der Waals surface area contributed by atoms with Gasteiger partial charge >= 0.3 is 0 Å². The lowest BCUT2D eigenvalue weighted by Crippen LogP contribution is -2.28. The summed E-state index contributed by atoms with van der Waals surface area (Å²) >= 11 is 12.2. The number of amides is 1. The maximum absolute atomic E-state index is 12.4. The van der Waals surface area contributed by atoms with Gasteiger partial charge in [0.15, 0.2) is 5.69 Å². The van der Waals surface area contributed by atoms with E-state index in [4.69, 9.17) is 23.2 Å². The summed E-state index contributed by atoms with van der Waals surface area (Å²) in [5.41, 5.74) is 1.77. The lowest BCUT2D eigenvalue weighted by Gasteiger charge is -2.17. The molecular formula is C13H15Cl2N5O. The molecule has 6 nitrogen and oxygen atoms in total. The number of carbonyl (C=O) groups excluding carboxylic acids is 1. The van der Waals surface area contributed by atoms with E-state index in [1.807, 2.05) is 6.92 Å². The van der Waals surface area contributed by atoms with Gasteiger partial charge in [0.2, 0.25) is 0 Å². The molecule has 0 N–H and O–H groups in total. The molecule has 2 heterocycles. The number of nitrogens with zero attached hydrogens (tertiary/aromatic N) is 5. The average molecular weight is 328 g/mol. The summed E-state index contributed by atoms with van der Waals surface area (Å²) in [6, 6.07) is 0. The molecule has 112 valence electrons. The number of halogens is 2. The highest BCUT2D eigenvalue weighted by atomic mass is 35.5. The van der Waals surface area contributed by atoms with E-state index in [1.54, 1.807) is 25.7 Å². The molecule has 0 atom stereocenters. The van der Waals surface area contributed by atoms with Gasteiger partial charge in [-0.1, -0.05) is 23.2 Å². The fraction of sp³-hybridized carbons (Fsp3) is 0.385. The van der Waals surface area contributed by atoms with Crippen LogP contribution in [0.25, 0.3) is 0 Å². The van der Waals surface area contributed by atoms with Crippen LogP contribution in [0.15, 0.2) is 6.20 Å². The fourth-order valence-electron chi connectivity index (χ4n) is 1.95. The van der Waals surface area contributed by atoms with Crippen LogP contribution in [-0.4, -0.2) is 37.6 Å². The van der Waals surface area contributed by atoms with Crippen LogP contribution in [0, 0.1) is 13.8 Å². The number of carbonyl (C=O) groups is 1. The first kappa shape index (κ1) is 15.7. The Hall–Kier alpha value is -1.66. The first-order valence-electron chi connectivity index (χ1n) is 6.23. The van der Waals surface area contributed by atoms with E-state index < -0.39 is 0 Å². The second-order valence-corrected chi connectivity index (χ2v) is 5.52. The molecule has 2 aromatic heterocycles. The largest absolute Gasteiger partial charge is 0.336 e. The van der Waals surface area contributed by atoms with Crippen molar-refractivity contribution in [2.24, 2.45) is 7.05 Å². The van der Waals surface area contributed by atoms with Crippen LogP contribution in [0.4, 0.5) is 0 Å². The molecule has 2 aromatic rings. The minimum atomic E-state index is -0.287. The molecule has 0 saturated heterocycles. The summed E-state index contributed by atoms with van der Waals surface area (Å²) in [7, 11) is 3.42. The van der Waals surface area contributed by atoms with Crippen LogP contribution in [-0.2, 0) is 13.6 Å². The van der Waals surface area contributed by atoms with E-state index in [-0.39, 0.29) is 16.6 Å². The topological polar surface area (TPSA) is 63.9 Å². The van der Waals surface area contributed by atoms with Crippen molar-refractivity contribution in [2.75, 3.05) is 7.05 Å². The van der Waals surface area contributed by atoms with Crippen molar-refractivity contribution in [3.8, 4) is 0 Å². The predicted molar refractivity (Wildman–Crippen MR) is 80.5 cm³/mol. The van der Waals surface area contributed by atoms with Crippen molar-refractivity contribution in [3.63, 3.8) is 0 Å². The Morgan fingerprint density at radius 3 is 2.62 bits per heavy atom. The molecule has 0 spiro atoms. The molecule has 0 aliphatic heterocycles. The van der Waals surface area contributed by atoms with E-state index in [0.29, 0.717) is 17.5 Å². The van der Waals surface area contributed by atoms with E-state index in [2.05, 4.69) is 15.1 Å². The van der Waals surface area contributed by atoms with E-state index in [9.17, 15) is 4.79 Å². The van der Waals surface area contributed by atoms with E-state index in [1.165, 1.54) is 11.1 Å². The third-order valence-electron chi connectivity index (χ3n) is 3.08. The standard InChI is InChI=1S/C13H15Cl2N5O/c1-7-9(12(15)20(4)18-7)6-19(3)13(21)11-10(14)5-16-8(2)17-11/h5H,6H2,1-4H3. The Balaban J connectivity index is 2.26. The molecule has 0 radical (unpaired) electrons. The first-order chi connectivity index (χ1) is 9.81. The zero-order chi connectivity index (χ0) is 15.7. The Kier molecular flexibility index (Phi) is 4.49. The van der Waals surface area contributed by atoms with Gasteiger partial charge in [0.1, 0.15) is 11.0 Å². The van der Waals surface area contributed by atoms with Gasteiger partial charge in [0, 0.05) is 19.7 Å². The highest BCUT2D eigenvalue weighted by Gasteiger charge is 2.21. The SMILES string of the molecule is Cc1ncc(Cl)c(C(=O)N(C)Cc2c(C)nn(C)c2Cl)n1. The Labute approximate surface area is 132 Å². The summed E-state index contributed by atoms with van der Waals surface area (Å²) in [4.78, 5) is 22.0. The summed E-state index contributed by atoms with van der Waals surface area (Å²) < 4.78 is 1.58. The van der Waals surface area contributed by atoms with Crippen LogP contribution in [0.1, 0.15) is 27.6 Å². The van der Waals surface area contributed by atoms with Crippen LogP contribution < -0.4 is 0 Å². The minimum Gasteiger partial charge on any atom is -0.336 e. The Morgan fingerprint density at radius 2 is 2.05 bits per heavy atom. The molecule has 1 amide bonds. The van der Waals surface area contributed by atoms with Crippen LogP contribution in [0.5, 0.6) is 0 Å². The summed E-state index contributed by atoms with van der Waals surface area (Å²) in [5, 5.41) is 4.96. The van der Waals surface area contributed by atoms with Gasteiger partial charge in [-0.3, -0.25) is 9.48 Å². The quantitative estimate of drug-likeness (QED) is 0.868. The van der Waals surface area contributed by atoms with Crippen LogP contribution in [0.2, 0.25) is 10.2 Å². The third kappa shape index (κ3) is 3.16. The zero-order valence-electron chi connectivity index (χ0n) is 12.2. The average Bonchev–Trinajstić information content (AvgIpc) is 2.67. The van der Waals surface area contributed by atoms with Gasteiger partial charge in [-0.2, -0.15) is 5.10 Å². The highest BCUT2D eigenvalue weighted by molar-refractivity contribution is 6.33. The van der Waals surface area contributed by atoms with Gasteiger partial charge in [0.05, 0.1) is 23.5 Å². The lowest BCUT2D eigenvalue weighted by molar-refractivity contribution is 0.0779. The summed E-state index contributed by atoms with van der Waals surface area (Å²) in [6.07, 6.45) is 1.42. The summed E-state index contributed by atoms with van der Waals surface area (Å²) in [6.45, 7) is 3.88. The molecule has 0 saturated carbocycles. The maximum Gasteiger partial charge on any atom is 0.274 e. The van der Waals surface area contributed by atoms with E-state index in [0.717, 1.165) is 11.3 Å². The minimum absolute atomic E-state index is 0.185. The molecule has 8 heteroatoms. The Bertz CT molecular complexity index is 698. The molecule has 0 fully saturated rings. The molecule has 0 bridgehead atoms. The van der Waals surface area contributed by atoms with Crippen LogP contribution in [0.3, 0.4) is 0 Å².